The van der Waals surface area contributed by atoms with Gasteiger partial charge in [0, 0.05) is 19.8 Å². The number of carboxylic acid groups (broad SMARTS) is 1. The number of rotatable bonds is 5. The number of nitrogens with one attached hydrogen (secondary N) is 1. The molecule has 1 fully saturated rings. The molecule has 1 aliphatic heterocycles. The topological polar surface area (TPSA) is 89.3 Å². The van der Waals surface area contributed by atoms with E-state index in [9.17, 15) is 14.3 Å². The fraction of sp³-hybridized carbons (Fsp3) is 0.438. The summed E-state index contributed by atoms with van der Waals surface area (Å²) in [5.74, 6) is -1.45. The lowest BCUT2D eigenvalue weighted by molar-refractivity contribution is 0.0665. The minimum Gasteiger partial charge on any atom is -0.478 e. The smallest absolute Gasteiger partial charge is 0.339 e. The first-order valence-electron chi connectivity index (χ1n) is 7.91. The molecule has 3 heterocycles. The van der Waals surface area contributed by atoms with Gasteiger partial charge in [-0.25, -0.2) is 9.78 Å². The molecule has 1 saturated heterocycles. The van der Waals surface area contributed by atoms with Crippen LogP contribution in [0.3, 0.4) is 0 Å². The highest BCUT2D eigenvalue weighted by Crippen LogP contribution is 2.32. The molecule has 2 aromatic rings. The first-order chi connectivity index (χ1) is 11.6. The van der Waals surface area contributed by atoms with Crippen LogP contribution in [0.2, 0.25) is 0 Å². The Morgan fingerprint density at radius 1 is 1.46 bits per heavy atom. The van der Waals surface area contributed by atoms with E-state index < -0.39 is 11.9 Å². The second-order valence-corrected chi connectivity index (χ2v) is 5.57. The van der Waals surface area contributed by atoms with Crippen LogP contribution < -0.4 is 5.32 Å². The van der Waals surface area contributed by atoms with E-state index in [4.69, 9.17) is 4.74 Å². The maximum atomic E-state index is 14.5. The van der Waals surface area contributed by atoms with Gasteiger partial charge in [-0.15, -0.1) is 0 Å². The normalized spacial score (nSPS) is 15.4. The van der Waals surface area contributed by atoms with Crippen LogP contribution >= 0.6 is 0 Å². The quantitative estimate of drug-likeness (QED) is 0.817. The Kier molecular flexibility index (Phi) is 4.75. The molecule has 0 atom stereocenters. The molecule has 2 N–H and O–H groups in total. The molecule has 7 nitrogen and oxygen atoms in total. The van der Waals surface area contributed by atoms with Gasteiger partial charge in [0.05, 0.1) is 23.5 Å². The molecule has 8 heteroatoms. The summed E-state index contributed by atoms with van der Waals surface area (Å²) in [6, 6.07) is 3.16. The van der Waals surface area contributed by atoms with Gasteiger partial charge in [-0.2, -0.15) is 9.49 Å². The molecular formula is C16H19FN4O3. The van der Waals surface area contributed by atoms with Gasteiger partial charge < -0.3 is 15.2 Å². The van der Waals surface area contributed by atoms with Gasteiger partial charge in [0.1, 0.15) is 11.4 Å². The van der Waals surface area contributed by atoms with Crippen LogP contribution in [-0.4, -0.2) is 45.6 Å². The number of anilines is 1. The van der Waals surface area contributed by atoms with E-state index in [0.717, 1.165) is 0 Å². The van der Waals surface area contributed by atoms with Crippen LogP contribution in [0.15, 0.2) is 18.3 Å². The Bertz CT molecular complexity index is 741. The molecule has 0 radical (unpaired) electrons. The highest BCUT2D eigenvalue weighted by Gasteiger charge is 2.27. The number of pyridine rings is 1. The zero-order valence-corrected chi connectivity index (χ0v) is 13.3. The molecule has 0 aliphatic carbocycles. The number of ether oxygens (including phenoxy) is 1. The number of aromatic carboxylic acids is 1. The van der Waals surface area contributed by atoms with E-state index in [-0.39, 0.29) is 22.9 Å². The van der Waals surface area contributed by atoms with Gasteiger partial charge >= 0.3 is 5.97 Å². The van der Waals surface area contributed by atoms with Crippen molar-refractivity contribution >= 4 is 11.8 Å². The van der Waals surface area contributed by atoms with Crippen molar-refractivity contribution in [3.05, 3.63) is 29.8 Å². The van der Waals surface area contributed by atoms with Gasteiger partial charge in [-0.05, 0) is 31.9 Å². The lowest BCUT2D eigenvalue weighted by atomic mass is 10.1. The largest absolute Gasteiger partial charge is 0.478 e. The summed E-state index contributed by atoms with van der Waals surface area (Å²) in [6.45, 7) is 3.65. The molecule has 2 aromatic heterocycles. The van der Waals surface area contributed by atoms with Crippen LogP contribution in [0.1, 0.15) is 36.2 Å². The Morgan fingerprint density at radius 2 is 2.21 bits per heavy atom. The van der Waals surface area contributed by atoms with E-state index in [0.29, 0.717) is 38.4 Å². The van der Waals surface area contributed by atoms with E-state index in [1.54, 1.807) is 16.8 Å². The standard InChI is InChI=1S/C16H19FN4O3/c1-2-18-13-4-3-11(15(17)20-13)14-12(16(22)23)9-19-21(14)10-5-7-24-8-6-10/h3-4,9-10H,2,5-8H2,1H3,(H,18,20)(H,22,23). The fourth-order valence-electron chi connectivity index (χ4n) is 2.88. The lowest BCUT2D eigenvalue weighted by Gasteiger charge is -2.24. The summed E-state index contributed by atoms with van der Waals surface area (Å²) in [4.78, 5) is 15.4. The Hall–Kier alpha value is -2.48. The molecule has 3 rings (SSSR count). The van der Waals surface area contributed by atoms with Crippen molar-refractivity contribution in [2.45, 2.75) is 25.8 Å². The number of carbonyl (C=O) groups is 1. The zero-order valence-electron chi connectivity index (χ0n) is 13.3. The summed E-state index contributed by atoms with van der Waals surface area (Å²) >= 11 is 0. The average Bonchev–Trinajstić information content (AvgIpc) is 3.01. The van der Waals surface area contributed by atoms with Gasteiger partial charge in [0.2, 0.25) is 5.95 Å². The maximum absolute atomic E-state index is 14.5. The summed E-state index contributed by atoms with van der Waals surface area (Å²) in [6.07, 6.45) is 2.68. The van der Waals surface area contributed by atoms with Crippen molar-refractivity contribution < 1.29 is 19.0 Å². The molecule has 1 aliphatic rings. The molecule has 24 heavy (non-hydrogen) atoms. The second kappa shape index (κ2) is 6.96. The Morgan fingerprint density at radius 3 is 2.83 bits per heavy atom. The van der Waals surface area contributed by atoms with E-state index >= 15 is 0 Å². The SMILES string of the molecule is CCNc1ccc(-c2c(C(=O)O)cnn2C2CCOCC2)c(F)n1. The molecule has 0 spiro atoms. The van der Waals surface area contributed by atoms with Crippen molar-refractivity contribution in [3.63, 3.8) is 0 Å². The Labute approximate surface area is 138 Å². The van der Waals surface area contributed by atoms with Gasteiger partial charge in [0.15, 0.2) is 0 Å². The van der Waals surface area contributed by atoms with Crippen LogP contribution in [-0.2, 0) is 4.74 Å². The van der Waals surface area contributed by atoms with Crippen molar-refractivity contribution in [3.8, 4) is 11.3 Å². The van der Waals surface area contributed by atoms with Gasteiger partial charge in [-0.1, -0.05) is 0 Å². The molecule has 0 saturated carbocycles. The predicted octanol–water partition coefficient (Wildman–Crippen LogP) is 2.57. The third-order valence-electron chi connectivity index (χ3n) is 4.02. The number of aromatic nitrogens is 3. The average molecular weight is 334 g/mol. The molecule has 128 valence electrons. The highest BCUT2D eigenvalue weighted by atomic mass is 19.1. The van der Waals surface area contributed by atoms with Crippen LogP contribution in [0.25, 0.3) is 11.3 Å². The summed E-state index contributed by atoms with van der Waals surface area (Å²) in [7, 11) is 0. The summed E-state index contributed by atoms with van der Waals surface area (Å²) in [5.41, 5.74) is 0.360. The molecule has 0 amide bonds. The fourth-order valence-corrected chi connectivity index (χ4v) is 2.88. The Balaban J connectivity index is 2.08. The van der Waals surface area contributed by atoms with Crippen molar-refractivity contribution in [1.82, 2.24) is 14.8 Å². The minimum absolute atomic E-state index is 0.0188. The molecule has 0 aromatic carbocycles. The van der Waals surface area contributed by atoms with E-state index in [1.165, 1.54) is 6.20 Å². The number of carboxylic acids is 1. The number of nitrogens with zero attached hydrogens (tertiary/aromatic N) is 3. The molecular weight excluding hydrogens is 315 g/mol. The first kappa shape index (κ1) is 16.4. The van der Waals surface area contributed by atoms with Crippen molar-refractivity contribution in [2.24, 2.45) is 0 Å². The van der Waals surface area contributed by atoms with Crippen molar-refractivity contribution in [1.29, 1.82) is 0 Å². The maximum Gasteiger partial charge on any atom is 0.339 e. The molecule has 0 unspecified atom stereocenters. The predicted molar refractivity (Wildman–Crippen MR) is 85.6 cm³/mol. The third-order valence-corrected chi connectivity index (χ3v) is 4.02. The van der Waals surface area contributed by atoms with E-state index in [2.05, 4.69) is 15.4 Å². The van der Waals surface area contributed by atoms with Crippen LogP contribution in [0, 0.1) is 5.95 Å². The zero-order chi connectivity index (χ0) is 17.1. The minimum atomic E-state index is -1.14. The summed E-state index contributed by atoms with van der Waals surface area (Å²) in [5, 5.41) is 16.6. The van der Waals surface area contributed by atoms with E-state index in [1.807, 2.05) is 6.92 Å². The number of hydrogen-bond donors (Lipinski definition) is 2. The lowest BCUT2D eigenvalue weighted by Crippen LogP contribution is -2.21. The van der Waals surface area contributed by atoms with Crippen molar-refractivity contribution in [2.75, 3.05) is 25.1 Å². The number of hydrogen-bond acceptors (Lipinski definition) is 5. The highest BCUT2D eigenvalue weighted by molar-refractivity contribution is 5.94. The van der Waals surface area contributed by atoms with Gasteiger partial charge in [0.25, 0.3) is 0 Å². The van der Waals surface area contributed by atoms with Crippen LogP contribution in [0.4, 0.5) is 10.2 Å². The third kappa shape index (κ3) is 3.09. The summed E-state index contributed by atoms with van der Waals surface area (Å²) < 4.78 is 21.4. The monoisotopic (exact) mass is 334 g/mol. The molecule has 0 bridgehead atoms. The van der Waals surface area contributed by atoms with Crippen LogP contribution in [0.5, 0.6) is 0 Å². The second-order valence-electron chi connectivity index (χ2n) is 5.57. The first-order valence-corrected chi connectivity index (χ1v) is 7.91. The van der Waals surface area contributed by atoms with Gasteiger partial charge in [-0.3, -0.25) is 4.68 Å². The number of halogens is 1.